The summed E-state index contributed by atoms with van der Waals surface area (Å²) in [5, 5.41) is 6.13. The van der Waals surface area contributed by atoms with Gasteiger partial charge in [-0.3, -0.25) is 9.59 Å². The van der Waals surface area contributed by atoms with Gasteiger partial charge in [0.15, 0.2) is 0 Å². The Morgan fingerprint density at radius 3 is 2.21 bits per heavy atom. The fourth-order valence-electron chi connectivity index (χ4n) is 4.23. The largest absolute Gasteiger partial charge is 0.355 e. The highest BCUT2D eigenvalue weighted by Crippen LogP contribution is 2.48. The highest BCUT2D eigenvalue weighted by molar-refractivity contribution is 6.04. The molecule has 146 valence electrons. The Hall–Kier alpha value is -2.62. The van der Waals surface area contributed by atoms with E-state index in [1.807, 2.05) is 42.5 Å². The predicted molar refractivity (Wildman–Crippen MR) is 111 cm³/mol. The third-order valence-electron chi connectivity index (χ3n) is 6.19. The average Bonchev–Trinajstić information content (AvgIpc) is 3.56. The monoisotopic (exact) mass is 376 g/mol. The molecule has 0 saturated heterocycles. The Bertz CT molecular complexity index is 819. The van der Waals surface area contributed by atoms with E-state index in [1.165, 1.54) is 32.1 Å². The van der Waals surface area contributed by atoms with Crippen molar-refractivity contribution in [3.05, 3.63) is 65.7 Å². The first-order valence-electron chi connectivity index (χ1n) is 10.4. The number of benzene rings is 2. The summed E-state index contributed by atoms with van der Waals surface area (Å²) in [7, 11) is 0. The Kier molecular flexibility index (Phi) is 5.47. The number of hydrogen-bond donors (Lipinski definition) is 2. The summed E-state index contributed by atoms with van der Waals surface area (Å²) in [6.45, 7) is 0.811. The van der Waals surface area contributed by atoms with Gasteiger partial charge in [0.2, 0.25) is 5.91 Å². The molecule has 2 aromatic rings. The van der Waals surface area contributed by atoms with Crippen LogP contribution in [0.3, 0.4) is 0 Å². The van der Waals surface area contributed by atoms with Crippen molar-refractivity contribution < 1.29 is 9.59 Å². The minimum Gasteiger partial charge on any atom is -0.355 e. The Balaban J connectivity index is 1.36. The molecule has 4 nitrogen and oxygen atoms in total. The summed E-state index contributed by atoms with van der Waals surface area (Å²) in [6.07, 6.45) is 8.20. The van der Waals surface area contributed by atoms with E-state index in [1.54, 1.807) is 12.1 Å². The van der Waals surface area contributed by atoms with Crippen LogP contribution in [0.4, 0.5) is 5.69 Å². The summed E-state index contributed by atoms with van der Waals surface area (Å²) in [5.74, 6) is 0.683. The van der Waals surface area contributed by atoms with E-state index < -0.39 is 0 Å². The van der Waals surface area contributed by atoms with Crippen molar-refractivity contribution in [2.45, 2.75) is 50.4 Å². The maximum absolute atomic E-state index is 12.8. The first kappa shape index (κ1) is 18.7. The lowest BCUT2D eigenvalue weighted by Crippen LogP contribution is -2.38. The van der Waals surface area contributed by atoms with E-state index in [0.717, 1.165) is 30.6 Å². The summed E-state index contributed by atoms with van der Waals surface area (Å²) in [6, 6.07) is 16.9. The Morgan fingerprint density at radius 2 is 1.57 bits per heavy atom. The second-order valence-corrected chi connectivity index (χ2v) is 8.19. The maximum atomic E-state index is 12.8. The minimum atomic E-state index is -0.364. The second kappa shape index (κ2) is 8.17. The molecule has 0 radical (unpaired) electrons. The molecule has 0 aliphatic heterocycles. The standard InChI is InChI=1S/C24H28N2O2/c27-22(19-9-5-2-6-10-19)26-21-13-11-20(12-14-21)24(15-16-24)23(28)25-17-18-7-3-1-4-8-18/h2,5-6,9-14,18H,1,3-4,7-8,15-17H2,(H,25,28)(H,26,27). The molecule has 0 bridgehead atoms. The number of amides is 2. The van der Waals surface area contributed by atoms with Gasteiger partial charge in [-0.05, 0) is 61.4 Å². The molecule has 0 aromatic heterocycles. The van der Waals surface area contributed by atoms with Gasteiger partial charge < -0.3 is 10.6 Å². The maximum Gasteiger partial charge on any atom is 0.255 e. The molecule has 2 amide bonds. The van der Waals surface area contributed by atoms with Gasteiger partial charge in [-0.1, -0.05) is 49.6 Å². The molecule has 4 rings (SSSR count). The molecule has 2 aliphatic carbocycles. The molecule has 0 heterocycles. The van der Waals surface area contributed by atoms with E-state index in [9.17, 15) is 9.59 Å². The van der Waals surface area contributed by atoms with Crippen molar-refractivity contribution in [2.24, 2.45) is 5.92 Å². The molecule has 2 fully saturated rings. The number of anilines is 1. The topological polar surface area (TPSA) is 58.2 Å². The zero-order valence-electron chi connectivity index (χ0n) is 16.2. The van der Waals surface area contributed by atoms with Crippen molar-refractivity contribution in [1.82, 2.24) is 5.32 Å². The molecular formula is C24H28N2O2. The van der Waals surface area contributed by atoms with Crippen molar-refractivity contribution in [2.75, 3.05) is 11.9 Å². The van der Waals surface area contributed by atoms with Crippen LogP contribution in [0.25, 0.3) is 0 Å². The Labute approximate surface area is 166 Å². The fourth-order valence-corrected chi connectivity index (χ4v) is 4.23. The summed E-state index contributed by atoms with van der Waals surface area (Å²) >= 11 is 0. The summed E-state index contributed by atoms with van der Waals surface area (Å²) in [5.41, 5.74) is 2.06. The van der Waals surface area contributed by atoms with Crippen LogP contribution in [0.5, 0.6) is 0 Å². The van der Waals surface area contributed by atoms with Crippen LogP contribution in [0, 0.1) is 5.92 Å². The summed E-state index contributed by atoms with van der Waals surface area (Å²) in [4.78, 5) is 25.1. The van der Waals surface area contributed by atoms with Gasteiger partial charge in [-0.25, -0.2) is 0 Å². The van der Waals surface area contributed by atoms with Crippen molar-refractivity contribution in [3.63, 3.8) is 0 Å². The number of carbonyl (C=O) groups excluding carboxylic acids is 2. The third-order valence-corrected chi connectivity index (χ3v) is 6.19. The SMILES string of the molecule is O=C(Nc1ccc(C2(C(=O)NCC3CCCCC3)CC2)cc1)c1ccccc1. The van der Waals surface area contributed by atoms with Gasteiger partial charge in [0.1, 0.15) is 0 Å². The zero-order chi connectivity index (χ0) is 19.4. The lowest BCUT2D eigenvalue weighted by molar-refractivity contribution is -0.123. The van der Waals surface area contributed by atoms with Crippen molar-refractivity contribution in [3.8, 4) is 0 Å². The van der Waals surface area contributed by atoms with Crippen molar-refractivity contribution >= 4 is 17.5 Å². The number of nitrogens with one attached hydrogen (secondary N) is 2. The van der Waals surface area contributed by atoms with E-state index in [2.05, 4.69) is 10.6 Å². The number of hydrogen-bond acceptors (Lipinski definition) is 2. The molecule has 2 N–H and O–H groups in total. The molecule has 2 aromatic carbocycles. The van der Waals surface area contributed by atoms with Gasteiger partial charge in [-0.2, -0.15) is 0 Å². The predicted octanol–water partition coefficient (Wildman–Crippen LogP) is 4.67. The smallest absolute Gasteiger partial charge is 0.255 e. The minimum absolute atomic E-state index is 0.125. The number of carbonyl (C=O) groups is 2. The lowest BCUT2D eigenvalue weighted by atomic mass is 9.88. The van der Waals surface area contributed by atoms with Crippen LogP contribution in [-0.2, 0) is 10.2 Å². The lowest BCUT2D eigenvalue weighted by Gasteiger charge is -2.23. The molecule has 28 heavy (non-hydrogen) atoms. The van der Waals surface area contributed by atoms with E-state index >= 15 is 0 Å². The fraction of sp³-hybridized carbons (Fsp3) is 0.417. The molecule has 0 spiro atoms. The second-order valence-electron chi connectivity index (χ2n) is 8.19. The van der Waals surface area contributed by atoms with E-state index in [4.69, 9.17) is 0 Å². The average molecular weight is 377 g/mol. The molecule has 0 unspecified atom stereocenters. The van der Waals surface area contributed by atoms with Crippen LogP contribution < -0.4 is 10.6 Å². The van der Waals surface area contributed by atoms with Gasteiger partial charge in [-0.15, -0.1) is 0 Å². The first-order chi connectivity index (χ1) is 13.7. The van der Waals surface area contributed by atoms with Crippen LogP contribution in [0.1, 0.15) is 60.9 Å². The first-order valence-corrected chi connectivity index (χ1v) is 10.4. The molecule has 2 aliphatic rings. The van der Waals surface area contributed by atoms with Gasteiger partial charge in [0.25, 0.3) is 5.91 Å². The van der Waals surface area contributed by atoms with Gasteiger partial charge in [0.05, 0.1) is 5.41 Å². The highest BCUT2D eigenvalue weighted by Gasteiger charge is 2.51. The van der Waals surface area contributed by atoms with Crippen molar-refractivity contribution in [1.29, 1.82) is 0 Å². The van der Waals surface area contributed by atoms with E-state index in [0.29, 0.717) is 11.5 Å². The van der Waals surface area contributed by atoms with Crippen LogP contribution in [0.2, 0.25) is 0 Å². The molecule has 2 saturated carbocycles. The molecular weight excluding hydrogens is 348 g/mol. The van der Waals surface area contributed by atoms with Gasteiger partial charge >= 0.3 is 0 Å². The van der Waals surface area contributed by atoms with E-state index in [-0.39, 0.29) is 17.2 Å². The normalized spacial score (nSPS) is 18.3. The number of rotatable bonds is 6. The quantitative estimate of drug-likeness (QED) is 0.770. The Morgan fingerprint density at radius 1 is 0.893 bits per heavy atom. The highest BCUT2D eigenvalue weighted by atomic mass is 16.2. The van der Waals surface area contributed by atoms with Gasteiger partial charge in [0, 0.05) is 17.8 Å². The summed E-state index contributed by atoms with van der Waals surface area (Å²) < 4.78 is 0. The molecule has 4 heteroatoms. The van der Waals surface area contributed by atoms with Crippen LogP contribution in [-0.4, -0.2) is 18.4 Å². The molecule has 0 atom stereocenters. The van der Waals surface area contributed by atoms with Crippen LogP contribution >= 0.6 is 0 Å². The third kappa shape index (κ3) is 4.11. The van der Waals surface area contributed by atoms with Crippen LogP contribution in [0.15, 0.2) is 54.6 Å². The zero-order valence-corrected chi connectivity index (χ0v) is 16.2.